The van der Waals surface area contributed by atoms with Gasteiger partial charge in [-0.1, -0.05) is 0 Å². The average molecular weight is 315 g/mol. The van der Waals surface area contributed by atoms with E-state index in [2.05, 4.69) is 16.6 Å². The van der Waals surface area contributed by atoms with E-state index >= 15 is 0 Å². The number of fused-ring (bicyclic) bond motifs is 1. The Morgan fingerprint density at radius 1 is 1.17 bits per heavy atom. The molecule has 0 bridgehead atoms. The van der Waals surface area contributed by atoms with Gasteiger partial charge in [0, 0.05) is 11.8 Å². The second kappa shape index (κ2) is 6.22. The van der Waals surface area contributed by atoms with Gasteiger partial charge < -0.3 is 19.9 Å². The highest BCUT2D eigenvalue weighted by Crippen LogP contribution is 2.37. The summed E-state index contributed by atoms with van der Waals surface area (Å²) in [5.41, 5.74) is 2.79. The number of aliphatic hydroxyl groups excluding tert-OH is 1. The maximum atomic E-state index is 9.70. The van der Waals surface area contributed by atoms with Crippen LogP contribution in [-0.2, 0) is 6.61 Å². The highest BCUT2D eigenvalue weighted by molar-refractivity contribution is 5.70. The summed E-state index contributed by atoms with van der Waals surface area (Å²) in [5, 5.41) is 17.6. The predicted molar refractivity (Wildman–Crippen MR) is 85.7 cm³/mol. The molecule has 6 nitrogen and oxygen atoms in total. The molecule has 2 aliphatic rings. The molecule has 122 valence electrons. The van der Waals surface area contributed by atoms with Crippen molar-refractivity contribution in [3.63, 3.8) is 0 Å². The summed E-state index contributed by atoms with van der Waals surface area (Å²) in [6.07, 6.45) is 6.12. The summed E-state index contributed by atoms with van der Waals surface area (Å²) in [6.45, 7) is 3.13. The van der Waals surface area contributed by atoms with Gasteiger partial charge in [0.25, 0.3) is 0 Å². The number of rotatable bonds is 3. The molecule has 3 heterocycles. The highest BCUT2D eigenvalue weighted by Gasteiger charge is 2.19. The molecule has 1 fully saturated rings. The van der Waals surface area contributed by atoms with Gasteiger partial charge in [0.15, 0.2) is 11.5 Å². The third-order valence-electron chi connectivity index (χ3n) is 4.53. The van der Waals surface area contributed by atoms with E-state index in [9.17, 15) is 5.11 Å². The van der Waals surface area contributed by atoms with Crippen molar-refractivity contribution in [2.75, 3.05) is 26.3 Å². The van der Waals surface area contributed by atoms with Crippen molar-refractivity contribution in [3.05, 3.63) is 30.1 Å². The summed E-state index contributed by atoms with van der Waals surface area (Å²) in [7, 11) is 0. The topological polar surface area (TPSA) is 68.5 Å². The fourth-order valence-electron chi connectivity index (χ4n) is 3.28. The maximum Gasteiger partial charge on any atom is 0.162 e. The van der Waals surface area contributed by atoms with E-state index in [0.717, 1.165) is 48.4 Å². The molecule has 0 radical (unpaired) electrons. The summed E-state index contributed by atoms with van der Waals surface area (Å²) in [5.74, 6) is 1.44. The lowest BCUT2D eigenvalue weighted by molar-refractivity contribution is 0.171. The lowest BCUT2D eigenvalue weighted by Gasteiger charge is -2.23. The number of hydrogen-bond acceptors (Lipinski definition) is 5. The standard InChI is InChI=1S/C17H21N3O3/c21-11-12-7-16-17(23-6-5-22-16)8-15(12)13-9-19-20(10-13)14-1-3-18-4-2-14/h7-10,14,18,21H,1-6,11H2. The van der Waals surface area contributed by atoms with Crippen LogP contribution in [-0.4, -0.2) is 41.2 Å². The minimum absolute atomic E-state index is 0.0372. The normalized spacial score (nSPS) is 18.1. The van der Waals surface area contributed by atoms with E-state index in [1.807, 2.05) is 23.0 Å². The molecule has 6 heteroatoms. The molecule has 0 aliphatic carbocycles. The van der Waals surface area contributed by atoms with Crippen LogP contribution in [0.1, 0.15) is 24.4 Å². The van der Waals surface area contributed by atoms with Crippen molar-refractivity contribution in [1.82, 2.24) is 15.1 Å². The Morgan fingerprint density at radius 3 is 2.65 bits per heavy atom. The first-order valence-electron chi connectivity index (χ1n) is 8.14. The quantitative estimate of drug-likeness (QED) is 0.903. The molecule has 1 aromatic heterocycles. The monoisotopic (exact) mass is 315 g/mol. The van der Waals surface area contributed by atoms with E-state index in [4.69, 9.17) is 9.47 Å². The van der Waals surface area contributed by atoms with E-state index in [0.29, 0.717) is 25.0 Å². The molecule has 2 N–H and O–H groups in total. The number of aromatic nitrogens is 2. The molecule has 4 rings (SSSR count). The number of hydrogen-bond donors (Lipinski definition) is 2. The zero-order valence-electron chi connectivity index (χ0n) is 13.0. The molecule has 0 amide bonds. The van der Waals surface area contributed by atoms with Crippen molar-refractivity contribution in [2.24, 2.45) is 0 Å². The van der Waals surface area contributed by atoms with Gasteiger partial charge in [-0.2, -0.15) is 5.10 Å². The Labute approximate surface area is 135 Å². The van der Waals surface area contributed by atoms with Crippen LogP contribution in [0.25, 0.3) is 11.1 Å². The van der Waals surface area contributed by atoms with Crippen LogP contribution in [0.4, 0.5) is 0 Å². The molecule has 2 aromatic rings. The van der Waals surface area contributed by atoms with E-state index in [-0.39, 0.29) is 6.61 Å². The zero-order chi connectivity index (χ0) is 15.6. The number of benzene rings is 1. The van der Waals surface area contributed by atoms with Gasteiger partial charge in [-0.05, 0) is 49.2 Å². The van der Waals surface area contributed by atoms with Crippen LogP contribution >= 0.6 is 0 Å². The Morgan fingerprint density at radius 2 is 1.91 bits per heavy atom. The molecule has 2 aliphatic heterocycles. The Bertz CT molecular complexity index is 692. The summed E-state index contributed by atoms with van der Waals surface area (Å²) in [6, 6.07) is 4.26. The Hall–Kier alpha value is -2.05. The molecule has 0 saturated carbocycles. The van der Waals surface area contributed by atoms with Crippen molar-refractivity contribution < 1.29 is 14.6 Å². The van der Waals surface area contributed by atoms with Crippen LogP contribution in [0.3, 0.4) is 0 Å². The fraction of sp³-hybridized carbons (Fsp3) is 0.471. The van der Waals surface area contributed by atoms with Crippen molar-refractivity contribution >= 4 is 0 Å². The van der Waals surface area contributed by atoms with Crippen molar-refractivity contribution in [3.8, 4) is 22.6 Å². The largest absolute Gasteiger partial charge is 0.486 e. The lowest BCUT2D eigenvalue weighted by Crippen LogP contribution is -2.29. The predicted octanol–water partition coefficient (Wildman–Crippen LogP) is 1.74. The van der Waals surface area contributed by atoms with Crippen LogP contribution in [0.2, 0.25) is 0 Å². The number of aliphatic hydroxyl groups is 1. The van der Waals surface area contributed by atoms with E-state index < -0.39 is 0 Å². The van der Waals surface area contributed by atoms with E-state index in [1.54, 1.807) is 0 Å². The smallest absolute Gasteiger partial charge is 0.162 e. The highest BCUT2D eigenvalue weighted by atomic mass is 16.6. The van der Waals surface area contributed by atoms with Gasteiger partial charge in [-0.25, -0.2) is 0 Å². The summed E-state index contributed by atoms with van der Waals surface area (Å²) in [4.78, 5) is 0. The second-order valence-corrected chi connectivity index (χ2v) is 6.00. The number of ether oxygens (including phenoxy) is 2. The van der Waals surface area contributed by atoms with Gasteiger partial charge in [-0.3, -0.25) is 4.68 Å². The molecular weight excluding hydrogens is 294 g/mol. The molecule has 1 aromatic carbocycles. The number of nitrogens with zero attached hydrogens (tertiary/aromatic N) is 2. The number of nitrogens with one attached hydrogen (secondary N) is 1. The van der Waals surface area contributed by atoms with Crippen LogP contribution in [0.15, 0.2) is 24.5 Å². The summed E-state index contributed by atoms with van der Waals surface area (Å²) >= 11 is 0. The van der Waals surface area contributed by atoms with Gasteiger partial charge in [0.05, 0.1) is 18.8 Å². The maximum absolute atomic E-state index is 9.70. The average Bonchev–Trinajstić information content (AvgIpc) is 3.11. The fourth-order valence-corrected chi connectivity index (χ4v) is 3.28. The molecule has 0 unspecified atom stereocenters. The zero-order valence-corrected chi connectivity index (χ0v) is 13.0. The summed E-state index contributed by atoms with van der Waals surface area (Å²) < 4.78 is 13.3. The molecule has 23 heavy (non-hydrogen) atoms. The third kappa shape index (κ3) is 2.80. The van der Waals surface area contributed by atoms with Crippen LogP contribution in [0.5, 0.6) is 11.5 Å². The minimum atomic E-state index is -0.0372. The first-order valence-corrected chi connectivity index (χ1v) is 8.14. The first-order chi connectivity index (χ1) is 11.3. The minimum Gasteiger partial charge on any atom is -0.486 e. The van der Waals surface area contributed by atoms with Crippen LogP contribution < -0.4 is 14.8 Å². The molecule has 0 spiro atoms. The Balaban J connectivity index is 1.68. The SMILES string of the molecule is OCc1cc2c(cc1-c1cnn(C3CCNCC3)c1)OCCO2. The van der Waals surface area contributed by atoms with Gasteiger partial charge >= 0.3 is 0 Å². The molecule has 0 atom stereocenters. The third-order valence-corrected chi connectivity index (χ3v) is 4.53. The molecule has 1 saturated heterocycles. The first kappa shape index (κ1) is 14.5. The van der Waals surface area contributed by atoms with Gasteiger partial charge in [0.2, 0.25) is 0 Å². The lowest BCUT2D eigenvalue weighted by atomic mass is 10.0. The van der Waals surface area contributed by atoms with Crippen LogP contribution in [0, 0.1) is 0 Å². The number of piperidine rings is 1. The van der Waals surface area contributed by atoms with Gasteiger partial charge in [0.1, 0.15) is 13.2 Å². The second-order valence-electron chi connectivity index (χ2n) is 6.00. The van der Waals surface area contributed by atoms with Gasteiger partial charge in [-0.15, -0.1) is 0 Å². The van der Waals surface area contributed by atoms with Crippen molar-refractivity contribution in [2.45, 2.75) is 25.5 Å². The van der Waals surface area contributed by atoms with E-state index in [1.165, 1.54) is 0 Å². The Kier molecular flexibility index (Phi) is 3.93. The van der Waals surface area contributed by atoms with Crippen molar-refractivity contribution in [1.29, 1.82) is 0 Å². The molecular formula is C17H21N3O3.